The Morgan fingerprint density at radius 1 is 0.864 bits per heavy atom. The molecule has 2 atom stereocenters. The van der Waals surface area contributed by atoms with Crippen molar-refractivity contribution in [1.29, 1.82) is 0 Å². The number of halogens is 2. The van der Waals surface area contributed by atoms with Crippen LogP contribution in [0.5, 0.6) is 0 Å². The molecular formula is C34H35BrClN3O4S. The van der Waals surface area contributed by atoms with E-state index < -0.39 is 28.5 Å². The lowest BCUT2D eigenvalue weighted by Gasteiger charge is -2.34. The first kappa shape index (κ1) is 33.2. The third kappa shape index (κ3) is 8.71. The monoisotopic (exact) mass is 695 g/mol. The summed E-state index contributed by atoms with van der Waals surface area (Å²) in [5, 5.41) is 3.58. The maximum absolute atomic E-state index is 14.5. The highest BCUT2D eigenvalue weighted by Crippen LogP contribution is 2.27. The minimum atomic E-state index is -4.16. The summed E-state index contributed by atoms with van der Waals surface area (Å²) in [5.41, 5.74) is 1.93. The Hall–Kier alpha value is -3.66. The highest BCUT2D eigenvalue weighted by molar-refractivity contribution is 9.10. The second-order valence-electron chi connectivity index (χ2n) is 10.5. The van der Waals surface area contributed by atoms with Crippen LogP contribution >= 0.6 is 27.5 Å². The Labute approximate surface area is 273 Å². The highest BCUT2D eigenvalue weighted by atomic mass is 79.9. The Balaban J connectivity index is 1.80. The average Bonchev–Trinajstić information content (AvgIpc) is 3.03. The van der Waals surface area contributed by atoms with E-state index in [9.17, 15) is 18.0 Å². The summed E-state index contributed by atoms with van der Waals surface area (Å²) in [4.78, 5) is 29.8. The number of carbonyl (C=O) groups excluding carboxylic acids is 2. The van der Waals surface area contributed by atoms with Crippen molar-refractivity contribution in [2.45, 2.75) is 50.2 Å². The van der Waals surface area contributed by atoms with Crippen LogP contribution in [-0.2, 0) is 32.6 Å². The third-order valence-electron chi connectivity index (χ3n) is 7.24. The van der Waals surface area contributed by atoms with E-state index in [1.54, 1.807) is 66.7 Å². The van der Waals surface area contributed by atoms with Gasteiger partial charge in [-0.2, -0.15) is 0 Å². The molecule has 0 radical (unpaired) electrons. The molecule has 230 valence electrons. The van der Waals surface area contributed by atoms with Gasteiger partial charge in [-0.05, 0) is 66.9 Å². The van der Waals surface area contributed by atoms with Crippen molar-refractivity contribution in [1.82, 2.24) is 10.2 Å². The Kier molecular flexibility index (Phi) is 11.6. The molecule has 44 heavy (non-hydrogen) atoms. The van der Waals surface area contributed by atoms with Crippen molar-refractivity contribution in [2.24, 2.45) is 0 Å². The summed E-state index contributed by atoms with van der Waals surface area (Å²) in [7, 11) is -4.16. The molecule has 10 heteroatoms. The zero-order valence-electron chi connectivity index (χ0n) is 24.6. The van der Waals surface area contributed by atoms with E-state index in [0.717, 1.165) is 15.4 Å². The summed E-state index contributed by atoms with van der Waals surface area (Å²) in [6.45, 7) is 3.42. The van der Waals surface area contributed by atoms with Crippen molar-refractivity contribution in [2.75, 3.05) is 10.8 Å². The van der Waals surface area contributed by atoms with Gasteiger partial charge >= 0.3 is 0 Å². The van der Waals surface area contributed by atoms with E-state index in [2.05, 4.69) is 21.2 Å². The Bertz CT molecular complexity index is 1660. The predicted octanol–water partition coefficient (Wildman–Crippen LogP) is 6.85. The maximum Gasteiger partial charge on any atom is 0.264 e. The molecule has 0 heterocycles. The number of benzene rings is 4. The predicted molar refractivity (Wildman–Crippen MR) is 179 cm³/mol. The zero-order valence-corrected chi connectivity index (χ0v) is 27.7. The number of rotatable bonds is 13. The molecule has 0 saturated carbocycles. The number of hydrogen-bond donors (Lipinski definition) is 1. The number of anilines is 1. The number of carbonyl (C=O) groups is 2. The highest BCUT2D eigenvalue weighted by Gasteiger charge is 2.35. The Morgan fingerprint density at radius 2 is 1.50 bits per heavy atom. The van der Waals surface area contributed by atoms with Gasteiger partial charge in [-0.15, -0.1) is 0 Å². The molecule has 1 N–H and O–H groups in total. The van der Waals surface area contributed by atoms with Gasteiger partial charge in [0.2, 0.25) is 11.8 Å². The van der Waals surface area contributed by atoms with Crippen LogP contribution in [0.25, 0.3) is 0 Å². The minimum absolute atomic E-state index is 0.0485. The van der Waals surface area contributed by atoms with Gasteiger partial charge < -0.3 is 10.2 Å². The molecule has 4 rings (SSSR count). The molecule has 4 aromatic rings. The van der Waals surface area contributed by atoms with Crippen molar-refractivity contribution in [3.63, 3.8) is 0 Å². The number of nitrogens with one attached hydrogen (secondary N) is 1. The number of amides is 2. The van der Waals surface area contributed by atoms with Gasteiger partial charge in [0, 0.05) is 28.5 Å². The van der Waals surface area contributed by atoms with Crippen molar-refractivity contribution >= 4 is 55.1 Å². The second-order valence-corrected chi connectivity index (χ2v) is 13.7. The van der Waals surface area contributed by atoms with E-state index in [4.69, 9.17) is 11.6 Å². The lowest BCUT2D eigenvalue weighted by molar-refractivity contribution is -0.140. The van der Waals surface area contributed by atoms with Gasteiger partial charge in [-0.3, -0.25) is 13.9 Å². The standard InChI is InChI=1S/C34H35BrClN3O4S/c1-3-25(2)37-34(41)32(21-26-11-6-4-7-12-26)38(23-27-17-19-29(36)20-18-27)33(40)24-39(30-14-10-13-28(35)22-30)44(42,43)31-15-8-5-9-16-31/h4-20,22,25,32H,3,21,23-24H2,1-2H3,(H,37,41)/t25-,32+/m1/s1. The molecular weight excluding hydrogens is 662 g/mol. The van der Waals surface area contributed by atoms with Crippen LogP contribution in [0, 0.1) is 0 Å². The van der Waals surface area contributed by atoms with Crippen LogP contribution in [0.3, 0.4) is 0 Å². The smallest absolute Gasteiger partial charge is 0.264 e. The van der Waals surface area contributed by atoms with Crippen LogP contribution in [0.15, 0.2) is 119 Å². The minimum Gasteiger partial charge on any atom is -0.352 e. The van der Waals surface area contributed by atoms with Gasteiger partial charge in [0.15, 0.2) is 0 Å². The lowest BCUT2D eigenvalue weighted by Crippen LogP contribution is -2.54. The number of sulfonamides is 1. The molecule has 0 spiro atoms. The molecule has 2 amide bonds. The van der Waals surface area contributed by atoms with Crippen molar-refractivity contribution in [3.8, 4) is 0 Å². The molecule has 0 bridgehead atoms. The average molecular weight is 697 g/mol. The number of nitrogens with zero attached hydrogens (tertiary/aromatic N) is 2. The SMILES string of the molecule is CC[C@@H](C)NC(=O)[C@H](Cc1ccccc1)N(Cc1ccc(Cl)cc1)C(=O)CN(c1cccc(Br)c1)S(=O)(=O)c1ccccc1. The fourth-order valence-corrected chi connectivity index (χ4v) is 6.60. The molecule has 0 unspecified atom stereocenters. The summed E-state index contributed by atoms with van der Waals surface area (Å²) in [6.07, 6.45) is 0.950. The summed E-state index contributed by atoms with van der Waals surface area (Å²) < 4.78 is 29.8. The first-order valence-electron chi connectivity index (χ1n) is 14.3. The van der Waals surface area contributed by atoms with E-state index >= 15 is 0 Å². The Morgan fingerprint density at radius 3 is 2.11 bits per heavy atom. The quantitative estimate of drug-likeness (QED) is 0.166. The van der Waals surface area contributed by atoms with Gasteiger partial charge in [0.1, 0.15) is 12.6 Å². The molecule has 0 aliphatic carbocycles. The van der Waals surface area contributed by atoms with Crippen molar-refractivity contribution < 1.29 is 18.0 Å². The van der Waals surface area contributed by atoms with E-state index in [1.165, 1.54) is 17.0 Å². The fraction of sp³-hybridized carbons (Fsp3) is 0.235. The lowest BCUT2D eigenvalue weighted by atomic mass is 10.0. The molecule has 0 aliphatic heterocycles. The maximum atomic E-state index is 14.5. The molecule has 7 nitrogen and oxygen atoms in total. The topological polar surface area (TPSA) is 86.8 Å². The van der Waals surface area contributed by atoms with Crippen LogP contribution < -0.4 is 9.62 Å². The number of hydrogen-bond acceptors (Lipinski definition) is 4. The van der Waals surface area contributed by atoms with Crippen LogP contribution in [0.1, 0.15) is 31.4 Å². The van der Waals surface area contributed by atoms with Crippen LogP contribution in [0.2, 0.25) is 5.02 Å². The van der Waals surface area contributed by atoms with Crippen LogP contribution in [-0.4, -0.2) is 43.8 Å². The van der Waals surface area contributed by atoms with Crippen molar-refractivity contribution in [3.05, 3.63) is 130 Å². The summed E-state index contributed by atoms with van der Waals surface area (Å²) >= 11 is 9.57. The molecule has 0 fully saturated rings. The van der Waals surface area contributed by atoms with Gasteiger partial charge in [0.05, 0.1) is 10.6 Å². The molecule has 0 saturated heterocycles. The zero-order chi connectivity index (χ0) is 31.7. The summed E-state index contributed by atoms with van der Waals surface area (Å²) in [6, 6.07) is 30.2. The fourth-order valence-electron chi connectivity index (χ4n) is 4.66. The van der Waals surface area contributed by atoms with Gasteiger partial charge in [-0.25, -0.2) is 8.42 Å². The second kappa shape index (κ2) is 15.4. The molecule has 0 aromatic heterocycles. The molecule has 4 aromatic carbocycles. The van der Waals surface area contributed by atoms with E-state index in [0.29, 0.717) is 21.6 Å². The third-order valence-corrected chi connectivity index (χ3v) is 9.78. The van der Waals surface area contributed by atoms with E-state index in [1.807, 2.05) is 44.2 Å². The van der Waals surface area contributed by atoms with Gasteiger partial charge in [0.25, 0.3) is 10.0 Å². The first-order valence-corrected chi connectivity index (χ1v) is 16.9. The van der Waals surface area contributed by atoms with Gasteiger partial charge in [-0.1, -0.05) is 101 Å². The largest absolute Gasteiger partial charge is 0.352 e. The van der Waals surface area contributed by atoms with E-state index in [-0.39, 0.29) is 29.8 Å². The summed E-state index contributed by atoms with van der Waals surface area (Å²) in [5.74, 6) is -0.842. The molecule has 0 aliphatic rings. The van der Waals surface area contributed by atoms with Crippen LogP contribution in [0.4, 0.5) is 5.69 Å². The first-order chi connectivity index (χ1) is 21.1. The normalized spacial score (nSPS) is 12.6.